The zero-order valence-electron chi connectivity index (χ0n) is 14.7. The van der Waals surface area contributed by atoms with E-state index in [0.717, 1.165) is 12.1 Å². The summed E-state index contributed by atoms with van der Waals surface area (Å²) in [6.45, 7) is 10.7. The summed E-state index contributed by atoms with van der Waals surface area (Å²) in [7, 11) is 0. The number of benzene rings is 2. The highest BCUT2D eigenvalue weighted by Crippen LogP contribution is 2.20. The van der Waals surface area contributed by atoms with Gasteiger partial charge in [-0.3, -0.25) is 0 Å². The first-order valence-corrected chi connectivity index (χ1v) is 8.53. The fourth-order valence-electron chi connectivity index (χ4n) is 2.55. The van der Waals surface area contributed by atoms with E-state index in [1.54, 1.807) is 0 Å². The molecule has 0 spiro atoms. The van der Waals surface area contributed by atoms with Crippen molar-refractivity contribution in [2.45, 2.75) is 47.1 Å². The van der Waals surface area contributed by atoms with Crippen molar-refractivity contribution in [3.05, 3.63) is 64.2 Å². The zero-order chi connectivity index (χ0) is 17.0. The Morgan fingerprint density at radius 1 is 0.913 bits per heavy atom. The van der Waals surface area contributed by atoms with E-state index in [2.05, 4.69) is 81.7 Å². The Kier molecular flexibility index (Phi) is 5.78. The number of hydrogen-bond donors (Lipinski definition) is 2. The van der Waals surface area contributed by atoms with E-state index in [-0.39, 0.29) is 6.04 Å². The molecule has 0 aliphatic rings. The molecule has 0 saturated heterocycles. The maximum Gasteiger partial charge on any atom is 0.171 e. The highest BCUT2D eigenvalue weighted by atomic mass is 32.1. The molecule has 3 heteroatoms. The van der Waals surface area contributed by atoms with Gasteiger partial charge in [0.15, 0.2) is 5.11 Å². The van der Waals surface area contributed by atoms with E-state index in [1.165, 1.54) is 27.8 Å². The molecule has 0 aromatic heterocycles. The van der Waals surface area contributed by atoms with Crippen molar-refractivity contribution in [3.8, 4) is 0 Å². The number of thiocarbonyl (C=S) groups is 1. The van der Waals surface area contributed by atoms with Gasteiger partial charge < -0.3 is 10.6 Å². The lowest BCUT2D eigenvalue weighted by molar-refractivity contribution is 0.628. The fourth-order valence-corrected chi connectivity index (χ4v) is 2.81. The summed E-state index contributed by atoms with van der Waals surface area (Å²) in [4.78, 5) is 0. The molecular weight excluding hydrogens is 300 g/mol. The number of nitrogens with one attached hydrogen (secondary N) is 2. The van der Waals surface area contributed by atoms with Gasteiger partial charge in [0.2, 0.25) is 0 Å². The van der Waals surface area contributed by atoms with Gasteiger partial charge in [0.05, 0.1) is 6.04 Å². The maximum atomic E-state index is 5.49. The van der Waals surface area contributed by atoms with Crippen molar-refractivity contribution < 1.29 is 0 Å². The Bertz CT molecular complexity index is 707. The van der Waals surface area contributed by atoms with Crippen LogP contribution >= 0.6 is 12.2 Å². The summed E-state index contributed by atoms with van der Waals surface area (Å²) >= 11 is 5.49. The van der Waals surface area contributed by atoms with Crippen LogP contribution < -0.4 is 10.6 Å². The summed E-state index contributed by atoms with van der Waals surface area (Å²) < 4.78 is 0. The summed E-state index contributed by atoms with van der Waals surface area (Å²) in [5.74, 6) is 0. The Morgan fingerprint density at radius 3 is 2.09 bits per heavy atom. The third-order valence-corrected chi connectivity index (χ3v) is 4.63. The summed E-state index contributed by atoms with van der Waals surface area (Å²) in [5, 5.41) is 7.39. The molecule has 0 aliphatic carbocycles. The van der Waals surface area contributed by atoms with Crippen LogP contribution in [0.4, 0.5) is 5.69 Å². The predicted molar refractivity (Wildman–Crippen MR) is 104 cm³/mol. The molecule has 0 bridgehead atoms. The SMILES string of the molecule is CCC(NC(=S)Nc1ccc(C)c(C)c1)c1ccc(C)c(C)c1. The minimum Gasteiger partial charge on any atom is -0.356 e. The van der Waals surface area contributed by atoms with E-state index in [4.69, 9.17) is 12.2 Å². The average molecular weight is 327 g/mol. The minimum atomic E-state index is 0.223. The largest absolute Gasteiger partial charge is 0.356 e. The summed E-state index contributed by atoms with van der Waals surface area (Å²) in [6.07, 6.45) is 0.983. The Labute approximate surface area is 145 Å². The zero-order valence-corrected chi connectivity index (χ0v) is 15.5. The van der Waals surface area contributed by atoms with Gasteiger partial charge in [-0.15, -0.1) is 0 Å². The van der Waals surface area contributed by atoms with Gasteiger partial charge in [0, 0.05) is 5.69 Å². The van der Waals surface area contributed by atoms with Crippen LogP contribution in [0.25, 0.3) is 0 Å². The smallest absolute Gasteiger partial charge is 0.171 e. The molecular formula is C20H26N2S. The lowest BCUT2D eigenvalue weighted by Crippen LogP contribution is -2.32. The van der Waals surface area contributed by atoms with Crippen LogP contribution in [0.15, 0.2) is 36.4 Å². The first-order chi connectivity index (χ1) is 10.9. The molecule has 2 aromatic carbocycles. The molecule has 1 atom stereocenters. The van der Waals surface area contributed by atoms with Crippen molar-refractivity contribution in [1.29, 1.82) is 0 Å². The number of anilines is 1. The topological polar surface area (TPSA) is 24.1 Å². The van der Waals surface area contributed by atoms with Crippen LogP contribution in [0.2, 0.25) is 0 Å². The Hall–Kier alpha value is -1.87. The predicted octanol–water partition coefficient (Wildman–Crippen LogP) is 5.36. The fraction of sp³-hybridized carbons (Fsp3) is 0.350. The number of aryl methyl sites for hydroxylation is 4. The molecule has 2 N–H and O–H groups in total. The van der Waals surface area contributed by atoms with E-state index in [0.29, 0.717) is 5.11 Å². The van der Waals surface area contributed by atoms with Crippen molar-refractivity contribution in [3.63, 3.8) is 0 Å². The first kappa shape index (κ1) is 17.5. The molecule has 0 amide bonds. The van der Waals surface area contributed by atoms with Crippen molar-refractivity contribution in [2.24, 2.45) is 0 Å². The van der Waals surface area contributed by atoms with Crippen LogP contribution in [0, 0.1) is 27.7 Å². The van der Waals surface area contributed by atoms with Crippen LogP contribution in [0.3, 0.4) is 0 Å². The lowest BCUT2D eigenvalue weighted by atomic mass is 9.99. The lowest BCUT2D eigenvalue weighted by Gasteiger charge is -2.21. The molecule has 0 heterocycles. The maximum absolute atomic E-state index is 5.49. The summed E-state index contributed by atoms with van der Waals surface area (Å²) in [6, 6.07) is 13.1. The average Bonchev–Trinajstić information content (AvgIpc) is 2.51. The monoisotopic (exact) mass is 326 g/mol. The molecule has 1 unspecified atom stereocenters. The van der Waals surface area contributed by atoms with Gasteiger partial charge in [-0.05, 0) is 86.3 Å². The number of hydrogen-bond acceptors (Lipinski definition) is 1. The third-order valence-electron chi connectivity index (χ3n) is 4.41. The highest BCUT2D eigenvalue weighted by Gasteiger charge is 2.11. The van der Waals surface area contributed by atoms with Crippen LogP contribution in [0.5, 0.6) is 0 Å². The first-order valence-electron chi connectivity index (χ1n) is 8.12. The normalized spacial score (nSPS) is 11.9. The Balaban J connectivity index is 2.07. The van der Waals surface area contributed by atoms with E-state index in [9.17, 15) is 0 Å². The van der Waals surface area contributed by atoms with Gasteiger partial charge in [0.1, 0.15) is 0 Å². The van der Waals surface area contributed by atoms with E-state index < -0.39 is 0 Å². The number of rotatable bonds is 4. The molecule has 2 aromatic rings. The molecule has 0 aliphatic heterocycles. The van der Waals surface area contributed by atoms with E-state index >= 15 is 0 Å². The molecule has 0 saturated carbocycles. The van der Waals surface area contributed by atoms with Gasteiger partial charge in [-0.25, -0.2) is 0 Å². The van der Waals surface area contributed by atoms with Gasteiger partial charge in [-0.2, -0.15) is 0 Å². The highest BCUT2D eigenvalue weighted by molar-refractivity contribution is 7.80. The van der Waals surface area contributed by atoms with Crippen molar-refractivity contribution >= 4 is 23.0 Å². The minimum absolute atomic E-state index is 0.223. The van der Waals surface area contributed by atoms with Gasteiger partial charge in [-0.1, -0.05) is 31.2 Å². The molecule has 0 radical (unpaired) electrons. The Morgan fingerprint density at radius 2 is 1.52 bits per heavy atom. The van der Waals surface area contributed by atoms with Crippen molar-refractivity contribution in [2.75, 3.05) is 5.32 Å². The second-order valence-corrected chi connectivity index (χ2v) is 6.61. The van der Waals surface area contributed by atoms with E-state index in [1.807, 2.05) is 0 Å². The van der Waals surface area contributed by atoms with Crippen LogP contribution in [0.1, 0.15) is 47.2 Å². The standard InChI is InChI=1S/C20H26N2S/c1-6-19(17-9-7-13(2)15(4)11-17)22-20(23)21-18-10-8-14(3)16(5)12-18/h7-12,19H,6H2,1-5H3,(H2,21,22,23). The summed E-state index contributed by atoms with van der Waals surface area (Å²) in [5.41, 5.74) is 7.49. The second kappa shape index (κ2) is 7.60. The van der Waals surface area contributed by atoms with Crippen LogP contribution in [-0.2, 0) is 0 Å². The quantitative estimate of drug-likeness (QED) is 0.740. The molecule has 122 valence electrons. The van der Waals surface area contributed by atoms with Gasteiger partial charge in [0.25, 0.3) is 0 Å². The van der Waals surface area contributed by atoms with Gasteiger partial charge >= 0.3 is 0 Å². The molecule has 23 heavy (non-hydrogen) atoms. The van der Waals surface area contributed by atoms with Crippen LogP contribution in [-0.4, -0.2) is 5.11 Å². The second-order valence-electron chi connectivity index (χ2n) is 6.20. The molecule has 2 rings (SSSR count). The third kappa shape index (κ3) is 4.55. The van der Waals surface area contributed by atoms with Crippen molar-refractivity contribution in [1.82, 2.24) is 5.32 Å². The molecule has 2 nitrogen and oxygen atoms in total. The molecule has 0 fully saturated rings.